The summed E-state index contributed by atoms with van der Waals surface area (Å²) in [4.78, 5) is 36.3. The monoisotopic (exact) mass is 396 g/mol. The molecule has 2 aromatic rings. The van der Waals surface area contributed by atoms with Crippen molar-refractivity contribution in [3.8, 4) is 5.75 Å². The zero-order chi connectivity index (χ0) is 21.0. The van der Waals surface area contributed by atoms with Gasteiger partial charge in [0.05, 0.1) is 19.1 Å². The summed E-state index contributed by atoms with van der Waals surface area (Å²) >= 11 is 0. The minimum Gasteiger partial charge on any atom is -0.497 e. The number of methoxy groups -OCH3 is 1. The third-order valence-electron chi connectivity index (χ3n) is 4.94. The van der Waals surface area contributed by atoms with E-state index in [2.05, 4.69) is 10.6 Å². The van der Waals surface area contributed by atoms with Gasteiger partial charge in [-0.2, -0.15) is 0 Å². The highest BCUT2D eigenvalue weighted by atomic mass is 16.5. The molecule has 1 aliphatic rings. The quantitative estimate of drug-likeness (QED) is 0.636. The molecule has 0 heterocycles. The lowest BCUT2D eigenvalue weighted by molar-refractivity contribution is -0.138. The third-order valence-corrected chi connectivity index (χ3v) is 4.94. The first-order valence-electron chi connectivity index (χ1n) is 9.40. The molecule has 1 saturated carbocycles. The number of hydrogen-bond acceptors (Lipinski definition) is 4. The molecule has 3 rings (SSSR count). The van der Waals surface area contributed by atoms with E-state index in [1.807, 2.05) is 0 Å². The van der Waals surface area contributed by atoms with Crippen molar-refractivity contribution in [3.63, 3.8) is 0 Å². The molecule has 1 atom stereocenters. The molecule has 7 heteroatoms. The number of anilines is 1. The van der Waals surface area contributed by atoms with Crippen LogP contribution < -0.4 is 15.4 Å². The van der Waals surface area contributed by atoms with Crippen molar-refractivity contribution in [2.75, 3.05) is 12.4 Å². The summed E-state index contributed by atoms with van der Waals surface area (Å²) in [5, 5.41) is 15.0. The standard InChI is InChI=1S/C22H24N2O5/c1-22(13-19(25)26,16-6-4-8-18(12-16)29-2)24-21(28)15-5-3-7-17(11-15)23-20(27)14-9-10-14/h3-8,11-12,14H,9-10,13H2,1-2H3,(H,23,27)(H,24,28)(H,25,26). The molecule has 2 amide bonds. The van der Waals surface area contributed by atoms with E-state index in [0.29, 0.717) is 22.6 Å². The van der Waals surface area contributed by atoms with Crippen molar-refractivity contribution in [1.29, 1.82) is 0 Å². The van der Waals surface area contributed by atoms with Gasteiger partial charge in [-0.1, -0.05) is 18.2 Å². The first kappa shape index (κ1) is 20.4. The van der Waals surface area contributed by atoms with Crippen molar-refractivity contribution >= 4 is 23.5 Å². The van der Waals surface area contributed by atoms with Gasteiger partial charge in [-0.05, 0) is 55.7 Å². The van der Waals surface area contributed by atoms with Crippen molar-refractivity contribution in [3.05, 3.63) is 59.7 Å². The number of ether oxygens (including phenoxy) is 1. The van der Waals surface area contributed by atoms with E-state index in [1.165, 1.54) is 7.11 Å². The van der Waals surface area contributed by atoms with Gasteiger partial charge in [-0.3, -0.25) is 14.4 Å². The van der Waals surface area contributed by atoms with E-state index in [-0.39, 0.29) is 18.2 Å². The van der Waals surface area contributed by atoms with Gasteiger partial charge in [0, 0.05) is 17.2 Å². The number of nitrogens with one attached hydrogen (secondary N) is 2. The maximum atomic E-state index is 12.9. The first-order valence-corrected chi connectivity index (χ1v) is 9.40. The van der Waals surface area contributed by atoms with Crippen LogP contribution >= 0.6 is 0 Å². The van der Waals surface area contributed by atoms with E-state index in [1.54, 1.807) is 55.5 Å². The molecule has 1 unspecified atom stereocenters. The molecular formula is C22H24N2O5. The number of carbonyl (C=O) groups is 3. The van der Waals surface area contributed by atoms with Crippen LogP contribution in [0.4, 0.5) is 5.69 Å². The van der Waals surface area contributed by atoms with Crippen LogP contribution in [-0.4, -0.2) is 30.0 Å². The maximum Gasteiger partial charge on any atom is 0.306 e. The van der Waals surface area contributed by atoms with Crippen LogP contribution in [0.15, 0.2) is 48.5 Å². The van der Waals surface area contributed by atoms with Crippen LogP contribution in [0.5, 0.6) is 5.75 Å². The summed E-state index contributed by atoms with van der Waals surface area (Å²) in [6.45, 7) is 1.66. The lowest BCUT2D eigenvalue weighted by Gasteiger charge is -2.30. The van der Waals surface area contributed by atoms with E-state index in [9.17, 15) is 19.5 Å². The average Bonchev–Trinajstić information content (AvgIpc) is 3.53. The number of benzene rings is 2. The zero-order valence-electron chi connectivity index (χ0n) is 16.4. The highest BCUT2D eigenvalue weighted by Crippen LogP contribution is 2.31. The summed E-state index contributed by atoms with van der Waals surface area (Å²) in [5.74, 6) is -0.896. The van der Waals surface area contributed by atoms with Gasteiger partial charge in [0.25, 0.3) is 5.91 Å². The van der Waals surface area contributed by atoms with Crippen LogP contribution in [0.2, 0.25) is 0 Å². The largest absolute Gasteiger partial charge is 0.497 e. The second-order valence-corrected chi connectivity index (χ2v) is 7.43. The van der Waals surface area contributed by atoms with E-state index < -0.39 is 17.4 Å². The Morgan fingerprint density at radius 3 is 2.52 bits per heavy atom. The fraction of sp³-hybridized carbons (Fsp3) is 0.318. The van der Waals surface area contributed by atoms with Gasteiger partial charge >= 0.3 is 5.97 Å². The molecule has 0 bridgehead atoms. The number of rotatable bonds is 8. The molecule has 1 fully saturated rings. The predicted molar refractivity (Wildman–Crippen MR) is 108 cm³/mol. The molecule has 1 aliphatic carbocycles. The fourth-order valence-electron chi connectivity index (χ4n) is 3.14. The Morgan fingerprint density at radius 1 is 1.14 bits per heavy atom. The summed E-state index contributed by atoms with van der Waals surface area (Å²) in [6.07, 6.45) is 1.48. The van der Waals surface area contributed by atoms with Gasteiger partial charge in [-0.25, -0.2) is 0 Å². The molecule has 0 saturated heterocycles. The van der Waals surface area contributed by atoms with Gasteiger partial charge in [0.15, 0.2) is 0 Å². The predicted octanol–water partition coefficient (Wildman–Crippen LogP) is 3.16. The van der Waals surface area contributed by atoms with Gasteiger partial charge in [-0.15, -0.1) is 0 Å². The second-order valence-electron chi connectivity index (χ2n) is 7.43. The Bertz CT molecular complexity index is 938. The Balaban J connectivity index is 1.82. The lowest BCUT2D eigenvalue weighted by Crippen LogP contribution is -2.45. The van der Waals surface area contributed by atoms with Crippen molar-refractivity contribution in [2.45, 2.75) is 31.7 Å². The number of carboxylic acid groups (broad SMARTS) is 1. The molecule has 152 valence electrons. The Morgan fingerprint density at radius 2 is 1.86 bits per heavy atom. The van der Waals surface area contributed by atoms with Crippen molar-refractivity contribution in [1.82, 2.24) is 5.32 Å². The molecule has 2 aromatic carbocycles. The van der Waals surface area contributed by atoms with Crippen LogP contribution in [0.1, 0.15) is 42.1 Å². The van der Waals surface area contributed by atoms with Gasteiger partial charge < -0.3 is 20.5 Å². The Labute approximate surface area is 169 Å². The highest BCUT2D eigenvalue weighted by Gasteiger charge is 2.33. The molecule has 0 radical (unpaired) electrons. The molecule has 0 spiro atoms. The second kappa shape index (κ2) is 8.34. The minimum atomic E-state index is -1.15. The first-order chi connectivity index (χ1) is 13.8. The number of carboxylic acids is 1. The lowest BCUT2D eigenvalue weighted by atomic mass is 9.88. The molecular weight excluding hydrogens is 372 g/mol. The van der Waals surface area contributed by atoms with Crippen LogP contribution in [0.25, 0.3) is 0 Å². The zero-order valence-corrected chi connectivity index (χ0v) is 16.4. The summed E-state index contributed by atoms with van der Waals surface area (Å²) in [7, 11) is 1.52. The molecule has 0 aliphatic heterocycles. The summed E-state index contributed by atoms with van der Waals surface area (Å²) < 4.78 is 5.22. The smallest absolute Gasteiger partial charge is 0.306 e. The van der Waals surface area contributed by atoms with Gasteiger partial charge in [0.2, 0.25) is 5.91 Å². The van der Waals surface area contributed by atoms with Crippen LogP contribution in [0.3, 0.4) is 0 Å². The van der Waals surface area contributed by atoms with Crippen molar-refractivity contribution < 1.29 is 24.2 Å². The Kier molecular flexibility index (Phi) is 5.87. The summed E-state index contributed by atoms with van der Waals surface area (Å²) in [6, 6.07) is 13.5. The number of hydrogen-bond donors (Lipinski definition) is 3. The number of aliphatic carboxylic acids is 1. The summed E-state index contributed by atoms with van der Waals surface area (Å²) in [5.41, 5.74) is 0.338. The maximum absolute atomic E-state index is 12.9. The highest BCUT2D eigenvalue weighted by molar-refractivity contribution is 5.98. The molecule has 7 nitrogen and oxygen atoms in total. The Hall–Kier alpha value is -3.35. The van der Waals surface area contributed by atoms with E-state index >= 15 is 0 Å². The van der Waals surface area contributed by atoms with Crippen LogP contribution in [0, 0.1) is 5.92 Å². The van der Waals surface area contributed by atoms with E-state index in [0.717, 1.165) is 12.8 Å². The topological polar surface area (TPSA) is 105 Å². The van der Waals surface area contributed by atoms with Crippen LogP contribution in [-0.2, 0) is 15.1 Å². The van der Waals surface area contributed by atoms with E-state index in [4.69, 9.17) is 4.74 Å². The molecule has 29 heavy (non-hydrogen) atoms. The number of amides is 2. The third kappa shape index (κ3) is 5.13. The number of carbonyl (C=O) groups excluding carboxylic acids is 2. The minimum absolute atomic E-state index is 0.0466. The van der Waals surface area contributed by atoms with Crippen molar-refractivity contribution in [2.24, 2.45) is 5.92 Å². The SMILES string of the molecule is COc1cccc(C(C)(CC(=O)O)NC(=O)c2cccc(NC(=O)C3CC3)c2)c1. The molecule has 3 N–H and O–H groups in total. The van der Waals surface area contributed by atoms with Gasteiger partial charge in [0.1, 0.15) is 5.75 Å². The molecule has 0 aromatic heterocycles. The average molecular weight is 396 g/mol. The normalized spacial score (nSPS) is 15.1. The fourth-order valence-corrected chi connectivity index (χ4v) is 3.14.